The number of likely N-dealkylation sites (N-methyl/N-ethyl adjacent to an activating group) is 2. The third-order valence-corrected chi connectivity index (χ3v) is 4.21. The van der Waals surface area contributed by atoms with Crippen molar-refractivity contribution in [3.63, 3.8) is 0 Å². The maximum absolute atomic E-state index is 12.7. The van der Waals surface area contributed by atoms with Crippen LogP contribution in [0.1, 0.15) is 25.2 Å². The Bertz CT molecular complexity index is 773. The Labute approximate surface area is 134 Å². The van der Waals surface area contributed by atoms with Crippen LogP contribution in [-0.2, 0) is 4.79 Å². The molecule has 1 atom stereocenters. The standard InChI is InChI=1S/C15H21N6O2/c1-8(2)20-11-12(18(5)15(23)19(6)13(11)22)16-14(20)21-10(4)7-9(3)17-21/h7-8,11H,1-6H3/q+1. The molecule has 3 rings (SSSR count). The van der Waals surface area contributed by atoms with Gasteiger partial charge >= 0.3 is 12.0 Å². The molecule has 0 N–H and O–H groups in total. The Balaban J connectivity index is 2.22. The number of hydrogen-bond acceptors (Lipinski definition) is 4. The van der Waals surface area contributed by atoms with Crippen LogP contribution < -0.4 is 0 Å². The Morgan fingerprint density at radius 3 is 2.35 bits per heavy atom. The zero-order chi connectivity index (χ0) is 17.0. The first-order valence-corrected chi connectivity index (χ1v) is 7.56. The van der Waals surface area contributed by atoms with Crippen LogP contribution in [0.15, 0.2) is 11.1 Å². The van der Waals surface area contributed by atoms with Crippen molar-refractivity contribution < 1.29 is 14.2 Å². The van der Waals surface area contributed by atoms with E-state index in [1.54, 1.807) is 11.7 Å². The Hall–Kier alpha value is -2.51. The number of amidine groups is 1. The highest BCUT2D eigenvalue weighted by atomic mass is 16.2. The summed E-state index contributed by atoms with van der Waals surface area (Å²) in [5, 5.41) is 4.47. The van der Waals surface area contributed by atoms with E-state index in [0.717, 1.165) is 16.3 Å². The lowest BCUT2D eigenvalue weighted by Crippen LogP contribution is -2.62. The highest BCUT2D eigenvalue weighted by molar-refractivity contribution is 6.22. The Kier molecular flexibility index (Phi) is 3.35. The number of aromatic nitrogens is 2. The highest BCUT2D eigenvalue weighted by Gasteiger charge is 2.52. The molecule has 23 heavy (non-hydrogen) atoms. The minimum absolute atomic E-state index is 0.0270. The molecular formula is C15H21N6O2+. The Morgan fingerprint density at radius 1 is 1.17 bits per heavy atom. The zero-order valence-corrected chi connectivity index (χ0v) is 14.2. The van der Waals surface area contributed by atoms with Crippen LogP contribution in [0, 0.1) is 13.8 Å². The second-order valence-electron chi connectivity index (χ2n) is 6.25. The van der Waals surface area contributed by atoms with Gasteiger partial charge in [-0.05, 0) is 33.8 Å². The molecule has 8 heteroatoms. The Morgan fingerprint density at radius 2 is 1.83 bits per heavy atom. The van der Waals surface area contributed by atoms with Crippen LogP contribution in [0.2, 0.25) is 0 Å². The number of nitrogens with zero attached hydrogens (tertiary/aromatic N) is 6. The van der Waals surface area contributed by atoms with Gasteiger partial charge in [0.05, 0.1) is 11.7 Å². The molecule has 2 aliphatic heterocycles. The molecule has 3 amide bonds. The molecule has 0 aromatic carbocycles. The number of amides is 3. The van der Waals surface area contributed by atoms with E-state index in [4.69, 9.17) is 0 Å². The molecule has 0 spiro atoms. The number of aryl methyl sites for hydroxylation is 2. The van der Waals surface area contributed by atoms with Crippen molar-refractivity contribution in [2.24, 2.45) is 4.99 Å². The lowest BCUT2D eigenvalue weighted by atomic mass is 10.1. The van der Waals surface area contributed by atoms with E-state index in [0.29, 0.717) is 11.8 Å². The zero-order valence-electron chi connectivity index (χ0n) is 14.2. The van der Waals surface area contributed by atoms with Gasteiger partial charge in [0.15, 0.2) is 0 Å². The fraction of sp³-hybridized carbons (Fsp3) is 0.533. The number of urea groups is 1. The fourth-order valence-corrected chi connectivity index (χ4v) is 3.07. The summed E-state index contributed by atoms with van der Waals surface area (Å²) in [6.45, 7) is 7.84. The normalized spacial score (nSPS) is 21.5. The van der Waals surface area contributed by atoms with Gasteiger partial charge in [0.2, 0.25) is 11.9 Å². The van der Waals surface area contributed by atoms with Gasteiger partial charge < -0.3 is 0 Å². The van der Waals surface area contributed by atoms with E-state index in [9.17, 15) is 9.59 Å². The molecule has 1 aromatic heterocycles. The lowest BCUT2D eigenvalue weighted by molar-refractivity contribution is -0.567. The molecule has 1 unspecified atom stereocenters. The van der Waals surface area contributed by atoms with Crippen LogP contribution in [0.4, 0.5) is 4.79 Å². The van der Waals surface area contributed by atoms with Gasteiger partial charge in [-0.15, -0.1) is 9.78 Å². The molecule has 0 bridgehead atoms. The summed E-state index contributed by atoms with van der Waals surface area (Å²) in [6.07, 6.45) is 0. The van der Waals surface area contributed by atoms with Crippen LogP contribution in [-0.4, -0.2) is 74.1 Å². The van der Waals surface area contributed by atoms with Crippen molar-refractivity contribution in [2.75, 3.05) is 14.1 Å². The number of fused-ring (bicyclic) bond motifs is 1. The predicted molar refractivity (Wildman–Crippen MR) is 84.7 cm³/mol. The quantitative estimate of drug-likeness (QED) is 0.705. The van der Waals surface area contributed by atoms with E-state index in [1.165, 1.54) is 11.9 Å². The maximum Gasteiger partial charge on any atom is 0.421 e. The van der Waals surface area contributed by atoms with Crippen molar-refractivity contribution in [1.29, 1.82) is 0 Å². The van der Waals surface area contributed by atoms with Crippen molar-refractivity contribution in [1.82, 2.24) is 19.6 Å². The number of rotatable bonds is 1. The van der Waals surface area contributed by atoms with E-state index >= 15 is 0 Å². The summed E-state index contributed by atoms with van der Waals surface area (Å²) >= 11 is 0. The van der Waals surface area contributed by atoms with Crippen molar-refractivity contribution >= 4 is 23.7 Å². The maximum atomic E-state index is 12.7. The molecule has 0 aliphatic carbocycles. The van der Waals surface area contributed by atoms with Gasteiger partial charge in [-0.3, -0.25) is 14.6 Å². The molecule has 0 saturated carbocycles. The summed E-state index contributed by atoms with van der Waals surface area (Å²) in [4.78, 5) is 32.0. The number of aliphatic imine (C=N–C) groups is 1. The molecule has 0 radical (unpaired) electrons. The summed E-state index contributed by atoms with van der Waals surface area (Å²) in [5.74, 6) is 0.764. The SMILES string of the molecule is Cc1cc(C)n(C2=[N+](C(C)C)C3C(=O)N(C)C(=O)N(C)C3=N2)n1. The highest BCUT2D eigenvalue weighted by Crippen LogP contribution is 2.21. The van der Waals surface area contributed by atoms with Gasteiger partial charge in [-0.25, -0.2) is 9.37 Å². The van der Waals surface area contributed by atoms with Crippen LogP contribution in [0.3, 0.4) is 0 Å². The number of hydrogen-bond donors (Lipinski definition) is 0. The molecule has 8 nitrogen and oxygen atoms in total. The summed E-state index contributed by atoms with van der Waals surface area (Å²) < 4.78 is 3.64. The number of carbonyl (C=O) groups is 2. The van der Waals surface area contributed by atoms with E-state index in [-0.39, 0.29) is 18.0 Å². The van der Waals surface area contributed by atoms with E-state index in [1.807, 2.05) is 38.3 Å². The van der Waals surface area contributed by atoms with Gasteiger partial charge in [-0.1, -0.05) is 4.99 Å². The van der Waals surface area contributed by atoms with Gasteiger partial charge in [0.1, 0.15) is 5.69 Å². The first kappa shape index (κ1) is 15.4. The van der Waals surface area contributed by atoms with Crippen molar-refractivity contribution in [3.05, 3.63) is 17.5 Å². The average molecular weight is 317 g/mol. The topological polar surface area (TPSA) is 73.8 Å². The van der Waals surface area contributed by atoms with Crippen LogP contribution >= 0.6 is 0 Å². The molecule has 1 fully saturated rings. The summed E-state index contributed by atoms with van der Waals surface area (Å²) in [7, 11) is 3.14. The smallest absolute Gasteiger partial charge is 0.270 e. The van der Waals surface area contributed by atoms with Crippen LogP contribution in [0.25, 0.3) is 0 Å². The van der Waals surface area contributed by atoms with Crippen molar-refractivity contribution in [3.8, 4) is 0 Å². The second kappa shape index (κ2) is 5.00. The van der Waals surface area contributed by atoms with Gasteiger partial charge in [-0.2, -0.15) is 0 Å². The third kappa shape index (κ3) is 2.08. The molecule has 3 heterocycles. The van der Waals surface area contributed by atoms with Crippen LogP contribution in [0.5, 0.6) is 0 Å². The summed E-state index contributed by atoms with van der Waals surface area (Å²) in [5.41, 5.74) is 1.81. The molecule has 1 aromatic rings. The van der Waals surface area contributed by atoms with E-state index in [2.05, 4.69) is 10.1 Å². The minimum atomic E-state index is -0.596. The van der Waals surface area contributed by atoms with Gasteiger partial charge in [0, 0.05) is 14.1 Å². The third-order valence-electron chi connectivity index (χ3n) is 4.21. The molecule has 1 saturated heterocycles. The number of carbonyl (C=O) groups excluding carboxylic acids is 2. The molecular weight excluding hydrogens is 296 g/mol. The minimum Gasteiger partial charge on any atom is -0.270 e. The molecule has 122 valence electrons. The number of imide groups is 1. The summed E-state index contributed by atoms with van der Waals surface area (Å²) in [6, 6.07) is 1.01. The molecule has 2 aliphatic rings. The van der Waals surface area contributed by atoms with E-state index < -0.39 is 6.04 Å². The largest absolute Gasteiger partial charge is 0.421 e. The first-order chi connectivity index (χ1) is 10.7. The second-order valence-corrected chi connectivity index (χ2v) is 6.25. The monoisotopic (exact) mass is 317 g/mol. The van der Waals surface area contributed by atoms with Gasteiger partial charge in [0.25, 0.3) is 5.91 Å². The fourth-order valence-electron chi connectivity index (χ4n) is 3.07. The lowest BCUT2D eigenvalue weighted by Gasteiger charge is -2.32. The first-order valence-electron chi connectivity index (χ1n) is 7.56. The predicted octanol–water partition coefficient (Wildman–Crippen LogP) is 0.429. The average Bonchev–Trinajstić information content (AvgIpc) is 3.03. The van der Waals surface area contributed by atoms with Crippen molar-refractivity contribution in [2.45, 2.75) is 39.8 Å².